The van der Waals surface area contributed by atoms with Crippen molar-refractivity contribution < 1.29 is 19.1 Å². The third-order valence-corrected chi connectivity index (χ3v) is 3.16. The van der Waals surface area contributed by atoms with Gasteiger partial charge in [-0.3, -0.25) is 4.79 Å². The minimum absolute atomic E-state index is 0.292. The Morgan fingerprint density at radius 2 is 1.65 bits per heavy atom. The van der Waals surface area contributed by atoms with Crippen LogP contribution in [0.3, 0.4) is 0 Å². The lowest BCUT2D eigenvalue weighted by Gasteiger charge is -2.15. The molecule has 1 unspecified atom stereocenters. The van der Waals surface area contributed by atoms with E-state index in [4.69, 9.17) is 15.2 Å². The molecular weight excluding hydrogens is 294 g/mol. The molecular formula is C18H19NO4. The zero-order valence-corrected chi connectivity index (χ0v) is 13.1. The van der Waals surface area contributed by atoms with Gasteiger partial charge in [0.05, 0.1) is 0 Å². The lowest BCUT2D eigenvalue weighted by molar-refractivity contribution is -0.157. The number of hydrogen-bond donors (Lipinski definition) is 1. The van der Waals surface area contributed by atoms with Crippen LogP contribution in [0.4, 0.5) is 0 Å². The van der Waals surface area contributed by atoms with Gasteiger partial charge in [0, 0.05) is 5.56 Å². The van der Waals surface area contributed by atoms with Crippen molar-refractivity contribution in [3.8, 4) is 5.75 Å². The van der Waals surface area contributed by atoms with Gasteiger partial charge in [-0.15, -0.1) is 0 Å². The highest BCUT2D eigenvalue weighted by Crippen LogP contribution is 2.18. The maximum absolute atomic E-state index is 11.9. The first-order chi connectivity index (χ1) is 11.0. The van der Waals surface area contributed by atoms with Gasteiger partial charge in [0.15, 0.2) is 6.61 Å². The summed E-state index contributed by atoms with van der Waals surface area (Å²) in [6, 6.07) is 14.3. The number of benzene rings is 2. The van der Waals surface area contributed by atoms with Gasteiger partial charge in [-0.25, -0.2) is 4.79 Å². The second kappa shape index (κ2) is 7.45. The first kappa shape index (κ1) is 16.5. The number of primary amides is 1. The predicted molar refractivity (Wildman–Crippen MR) is 85.9 cm³/mol. The summed E-state index contributed by atoms with van der Waals surface area (Å²) in [5.41, 5.74) is 7.90. The van der Waals surface area contributed by atoms with E-state index in [1.165, 1.54) is 0 Å². The van der Waals surface area contributed by atoms with Gasteiger partial charge in [0.2, 0.25) is 6.10 Å². The molecule has 0 fully saturated rings. The van der Waals surface area contributed by atoms with E-state index in [0.717, 1.165) is 11.1 Å². The van der Waals surface area contributed by atoms with Crippen LogP contribution in [0.2, 0.25) is 0 Å². The molecule has 120 valence electrons. The maximum Gasteiger partial charge on any atom is 0.345 e. The van der Waals surface area contributed by atoms with Crippen LogP contribution in [0, 0.1) is 13.8 Å². The standard InChI is InChI=1S/C18H19NO4/c1-12-8-13(2)10-15(9-12)22-11-16(20)23-17(18(19)21)14-6-4-3-5-7-14/h3-10,17H,11H2,1-2H3,(H2,19,21). The van der Waals surface area contributed by atoms with Gasteiger partial charge in [0.25, 0.3) is 5.91 Å². The molecule has 0 aliphatic rings. The summed E-state index contributed by atoms with van der Waals surface area (Å²) >= 11 is 0. The zero-order chi connectivity index (χ0) is 16.8. The molecule has 2 N–H and O–H groups in total. The number of carbonyl (C=O) groups is 2. The fourth-order valence-corrected chi connectivity index (χ4v) is 2.24. The van der Waals surface area contributed by atoms with E-state index < -0.39 is 18.0 Å². The molecule has 0 spiro atoms. The summed E-state index contributed by atoms with van der Waals surface area (Å²) in [4.78, 5) is 23.4. The molecule has 0 bridgehead atoms. The first-order valence-corrected chi connectivity index (χ1v) is 7.20. The zero-order valence-electron chi connectivity index (χ0n) is 13.1. The van der Waals surface area contributed by atoms with E-state index in [0.29, 0.717) is 11.3 Å². The average Bonchev–Trinajstić information content (AvgIpc) is 2.50. The first-order valence-electron chi connectivity index (χ1n) is 7.20. The highest BCUT2D eigenvalue weighted by molar-refractivity contribution is 5.83. The van der Waals surface area contributed by atoms with E-state index in [1.54, 1.807) is 30.3 Å². The second-order valence-corrected chi connectivity index (χ2v) is 5.30. The number of nitrogens with two attached hydrogens (primary N) is 1. The average molecular weight is 313 g/mol. The van der Waals surface area contributed by atoms with E-state index >= 15 is 0 Å². The topological polar surface area (TPSA) is 78.6 Å². The lowest BCUT2D eigenvalue weighted by Crippen LogP contribution is -2.28. The molecule has 1 amide bonds. The molecule has 23 heavy (non-hydrogen) atoms. The minimum atomic E-state index is -1.12. The normalized spacial score (nSPS) is 11.6. The summed E-state index contributed by atoms with van der Waals surface area (Å²) < 4.78 is 10.6. The SMILES string of the molecule is Cc1cc(C)cc(OCC(=O)OC(C(N)=O)c2ccccc2)c1. The van der Waals surface area contributed by atoms with Crippen molar-refractivity contribution in [1.29, 1.82) is 0 Å². The summed E-state index contributed by atoms with van der Waals surface area (Å²) in [7, 11) is 0. The van der Waals surface area contributed by atoms with Gasteiger partial charge in [-0.05, 0) is 37.1 Å². The monoisotopic (exact) mass is 313 g/mol. The minimum Gasteiger partial charge on any atom is -0.482 e. The van der Waals surface area contributed by atoms with Gasteiger partial charge < -0.3 is 15.2 Å². The van der Waals surface area contributed by atoms with E-state index in [1.807, 2.05) is 32.0 Å². The van der Waals surface area contributed by atoms with E-state index in [2.05, 4.69) is 0 Å². The quantitative estimate of drug-likeness (QED) is 0.831. The number of rotatable bonds is 6. The van der Waals surface area contributed by atoms with E-state index in [-0.39, 0.29) is 6.61 Å². The second-order valence-electron chi connectivity index (χ2n) is 5.30. The number of hydrogen-bond acceptors (Lipinski definition) is 4. The smallest absolute Gasteiger partial charge is 0.345 e. The summed E-state index contributed by atoms with van der Waals surface area (Å²) in [5.74, 6) is -0.803. The predicted octanol–water partition coefficient (Wildman–Crippen LogP) is 2.45. The highest BCUT2D eigenvalue weighted by atomic mass is 16.6. The Labute approximate surface area is 135 Å². The summed E-state index contributed by atoms with van der Waals surface area (Å²) in [6.07, 6.45) is -1.12. The van der Waals surface area contributed by atoms with Crippen LogP contribution >= 0.6 is 0 Å². The molecule has 0 aliphatic carbocycles. The van der Waals surface area contributed by atoms with Gasteiger partial charge >= 0.3 is 5.97 Å². The fourth-order valence-electron chi connectivity index (χ4n) is 2.24. The van der Waals surface area contributed by atoms with Crippen LogP contribution in [0.5, 0.6) is 5.75 Å². The van der Waals surface area contributed by atoms with Crippen LogP contribution in [0.1, 0.15) is 22.8 Å². The van der Waals surface area contributed by atoms with E-state index in [9.17, 15) is 9.59 Å². The molecule has 0 heterocycles. The lowest BCUT2D eigenvalue weighted by atomic mass is 10.1. The van der Waals surface area contributed by atoms with Gasteiger partial charge in [-0.1, -0.05) is 36.4 Å². The molecule has 2 aromatic rings. The molecule has 0 saturated carbocycles. The van der Waals surface area contributed by atoms with Crippen molar-refractivity contribution in [1.82, 2.24) is 0 Å². The molecule has 0 aliphatic heterocycles. The van der Waals surface area contributed by atoms with Crippen molar-refractivity contribution in [2.24, 2.45) is 5.73 Å². The number of carbonyl (C=O) groups excluding carboxylic acids is 2. The molecule has 0 aromatic heterocycles. The van der Waals surface area contributed by atoms with Gasteiger partial charge in [0.1, 0.15) is 5.75 Å². The Hall–Kier alpha value is -2.82. The van der Waals surface area contributed by atoms with Crippen LogP contribution < -0.4 is 10.5 Å². The van der Waals surface area contributed by atoms with Crippen molar-refractivity contribution in [3.05, 3.63) is 65.2 Å². The third kappa shape index (κ3) is 4.85. The number of amides is 1. The van der Waals surface area contributed by atoms with Crippen LogP contribution in [-0.2, 0) is 14.3 Å². The molecule has 2 aromatic carbocycles. The molecule has 1 atom stereocenters. The molecule has 0 saturated heterocycles. The van der Waals surface area contributed by atoms with Crippen LogP contribution in [-0.4, -0.2) is 18.5 Å². The van der Waals surface area contributed by atoms with Crippen molar-refractivity contribution in [3.63, 3.8) is 0 Å². The summed E-state index contributed by atoms with van der Waals surface area (Å²) in [5, 5.41) is 0. The Kier molecular flexibility index (Phi) is 5.36. The highest BCUT2D eigenvalue weighted by Gasteiger charge is 2.22. The Bertz CT molecular complexity index is 677. The number of aryl methyl sites for hydroxylation is 2. The van der Waals surface area contributed by atoms with Gasteiger partial charge in [-0.2, -0.15) is 0 Å². The largest absolute Gasteiger partial charge is 0.482 e. The molecule has 2 rings (SSSR count). The Morgan fingerprint density at radius 3 is 2.22 bits per heavy atom. The Morgan fingerprint density at radius 1 is 1.04 bits per heavy atom. The van der Waals surface area contributed by atoms with Crippen LogP contribution in [0.25, 0.3) is 0 Å². The number of ether oxygens (including phenoxy) is 2. The van der Waals surface area contributed by atoms with Crippen LogP contribution in [0.15, 0.2) is 48.5 Å². The van der Waals surface area contributed by atoms with Crippen molar-refractivity contribution >= 4 is 11.9 Å². The number of esters is 1. The molecule has 5 heteroatoms. The van der Waals surface area contributed by atoms with Crippen molar-refractivity contribution in [2.75, 3.05) is 6.61 Å². The fraction of sp³-hybridized carbons (Fsp3) is 0.222. The molecule has 0 radical (unpaired) electrons. The van der Waals surface area contributed by atoms with Crippen molar-refractivity contribution in [2.45, 2.75) is 20.0 Å². The Balaban J connectivity index is 1.98. The third-order valence-electron chi connectivity index (χ3n) is 3.16. The maximum atomic E-state index is 11.9. The summed E-state index contributed by atoms with van der Waals surface area (Å²) in [6.45, 7) is 3.59. The molecule has 5 nitrogen and oxygen atoms in total.